The molecular formula is C27H34F2N2O3. The molecule has 5 nitrogen and oxygen atoms in total. The van der Waals surface area contributed by atoms with Gasteiger partial charge in [0.15, 0.2) is 0 Å². The van der Waals surface area contributed by atoms with E-state index in [0.717, 1.165) is 36.5 Å². The Morgan fingerprint density at radius 2 is 1.85 bits per heavy atom. The van der Waals surface area contributed by atoms with Gasteiger partial charge in [-0.15, -0.1) is 0 Å². The quantitative estimate of drug-likeness (QED) is 0.409. The van der Waals surface area contributed by atoms with Crippen molar-refractivity contribution >= 4 is 11.6 Å². The number of ketones is 1. The van der Waals surface area contributed by atoms with Gasteiger partial charge in [0.25, 0.3) is 5.92 Å². The minimum absolute atomic E-state index is 0.0251. The van der Waals surface area contributed by atoms with Crippen LogP contribution in [0.5, 0.6) is 11.5 Å². The number of anilines is 1. The second kappa shape index (κ2) is 10.3. The second-order valence-corrected chi connectivity index (χ2v) is 9.99. The van der Waals surface area contributed by atoms with E-state index in [-0.39, 0.29) is 30.8 Å². The summed E-state index contributed by atoms with van der Waals surface area (Å²) < 4.78 is 37.6. The normalized spacial score (nSPS) is 22.0. The van der Waals surface area contributed by atoms with Gasteiger partial charge in [0, 0.05) is 31.7 Å². The Morgan fingerprint density at radius 3 is 2.47 bits per heavy atom. The molecule has 1 aromatic heterocycles. The van der Waals surface area contributed by atoms with Crippen LogP contribution < -0.4 is 14.4 Å². The van der Waals surface area contributed by atoms with Crippen LogP contribution in [0.1, 0.15) is 57.9 Å². The van der Waals surface area contributed by atoms with Crippen molar-refractivity contribution in [1.29, 1.82) is 0 Å². The maximum atomic E-state index is 13.0. The van der Waals surface area contributed by atoms with E-state index in [0.29, 0.717) is 24.6 Å². The monoisotopic (exact) mass is 472 g/mol. The van der Waals surface area contributed by atoms with Crippen molar-refractivity contribution in [3.63, 3.8) is 0 Å². The number of benzene rings is 1. The van der Waals surface area contributed by atoms with Crippen molar-refractivity contribution in [3.05, 3.63) is 48.2 Å². The summed E-state index contributed by atoms with van der Waals surface area (Å²) in [5, 5.41) is 0. The third-order valence-electron chi connectivity index (χ3n) is 6.73. The molecule has 184 valence electrons. The summed E-state index contributed by atoms with van der Waals surface area (Å²) in [5.74, 6) is -0.409. The predicted octanol–water partition coefficient (Wildman–Crippen LogP) is 5.88. The number of halogens is 2. The number of hydrogen-bond donors (Lipinski definition) is 0. The molecule has 1 aliphatic heterocycles. The van der Waals surface area contributed by atoms with E-state index in [9.17, 15) is 13.6 Å². The standard InChI is InChI=1S/C27H34F2N2O3/c1-18(2)4-10-25(32)19(3)20-5-7-22(8-6-20)34-24-12-13-31(16-24)26-11-9-23(15-30-26)33-17-21-14-27(21,28)29/h5-9,11,15,18-19,21,24H,4,10,12-14,16-17H2,1-3H3/t19?,21?,24-/m1/s1. The highest BCUT2D eigenvalue weighted by molar-refractivity contribution is 5.85. The van der Waals surface area contributed by atoms with E-state index in [1.165, 1.54) is 0 Å². The molecule has 0 radical (unpaired) electrons. The zero-order valence-corrected chi connectivity index (χ0v) is 20.2. The molecule has 7 heteroatoms. The summed E-state index contributed by atoms with van der Waals surface area (Å²) in [7, 11) is 0. The Bertz CT molecular complexity index is 963. The highest BCUT2D eigenvalue weighted by Gasteiger charge is 2.57. The zero-order valence-electron chi connectivity index (χ0n) is 20.2. The third kappa shape index (κ3) is 6.24. The van der Waals surface area contributed by atoms with Crippen molar-refractivity contribution in [1.82, 2.24) is 4.98 Å². The van der Waals surface area contributed by atoms with Gasteiger partial charge < -0.3 is 14.4 Å². The number of ether oxygens (including phenoxy) is 2. The van der Waals surface area contributed by atoms with Crippen LogP contribution in [-0.4, -0.2) is 42.5 Å². The summed E-state index contributed by atoms with van der Waals surface area (Å²) in [5.41, 5.74) is 1.02. The Balaban J connectivity index is 1.24. The maximum Gasteiger partial charge on any atom is 0.255 e. The van der Waals surface area contributed by atoms with Crippen LogP contribution in [0.15, 0.2) is 42.6 Å². The molecule has 0 bridgehead atoms. The molecule has 1 aromatic carbocycles. The first-order valence-corrected chi connectivity index (χ1v) is 12.2. The number of carbonyl (C=O) groups excluding carboxylic acids is 1. The molecule has 1 aliphatic carbocycles. The van der Waals surface area contributed by atoms with Gasteiger partial charge in [0.2, 0.25) is 0 Å². The molecular weight excluding hydrogens is 438 g/mol. The number of nitrogens with zero attached hydrogens (tertiary/aromatic N) is 2. The third-order valence-corrected chi connectivity index (χ3v) is 6.73. The van der Waals surface area contributed by atoms with Crippen LogP contribution in [0.25, 0.3) is 0 Å². The maximum absolute atomic E-state index is 13.0. The first-order chi connectivity index (χ1) is 16.2. The van der Waals surface area contributed by atoms with Gasteiger partial charge in [-0.3, -0.25) is 4.79 Å². The number of Topliss-reactive ketones (excluding diaryl/α,β-unsaturated/α-hetero) is 1. The Kier molecular flexibility index (Phi) is 7.39. The van der Waals surface area contributed by atoms with Gasteiger partial charge in [0.05, 0.1) is 25.3 Å². The lowest BCUT2D eigenvalue weighted by atomic mass is 9.92. The van der Waals surface area contributed by atoms with Gasteiger partial charge in [-0.2, -0.15) is 0 Å². The molecule has 0 N–H and O–H groups in total. The van der Waals surface area contributed by atoms with Crippen LogP contribution in [0.2, 0.25) is 0 Å². The average molecular weight is 473 g/mol. The fourth-order valence-electron chi connectivity index (χ4n) is 4.19. The predicted molar refractivity (Wildman–Crippen MR) is 128 cm³/mol. The van der Waals surface area contributed by atoms with Gasteiger partial charge in [-0.05, 0) is 42.2 Å². The second-order valence-electron chi connectivity index (χ2n) is 9.99. The number of aromatic nitrogens is 1. The van der Waals surface area contributed by atoms with Gasteiger partial charge in [-0.1, -0.05) is 32.9 Å². The summed E-state index contributed by atoms with van der Waals surface area (Å²) in [6, 6.07) is 11.5. The molecule has 2 aliphatic rings. The van der Waals surface area contributed by atoms with Crippen molar-refractivity contribution < 1.29 is 23.0 Å². The largest absolute Gasteiger partial charge is 0.491 e. The fraction of sp³-hybridized carbons (Fsp3) is 0.556. The highest BCUT2D eigenvalue weighted by atomic mass is 19.3. The Labute approximate surface area is 200 Å². The lowest BCUT2D eigenvalue weighted by molar-refractivity contribution is -0.120. The molecule has 2 heterocycles. The van der Waals surface area contributed by atoms with E-state index >= 15 is 0 Å². The molecule has 0 spiro atoms. The molecule has 2 fully saturated rings. The number of hydrogen-bond acceptors (Lipinski definition) is 5. The van der Waals surface area contributed by atoms with Crippen LogP contribution >= 0.6 is 0 Å². The van der Waals surface area contributed by atoms with Crippen LogP contribution in [0.4, 0.5) is 14.6 Å². The molecule has 3 atom stereocenters. The number of alkyl halides is 2. The summed E-state index contributed by atoms with van der Waals surface area (Å²) in [4.78, 5) is 19.0. The Hall–Kier alpha value is -2.70. The van der Waals surface area contributed by atoms with Gasteiger partial charge >= 0.3 is 0 Å². The summed E-state index contributed by atoms with van der Waals surface area (Å²) >= 11 is 0. The van der Waals surface area contributed by atoms with Crippen LogP contribution in [0.3, 0.4) is 0 Å². The lowest BCUT2D eigenvalue weighted by Gasteiger charge is -2.19. The highest BCUT2D eigenvalue weighted by Crippen LogP contribution is 2.48. The zero-order chi connectivity index (χ0) is 24.3. The molecule has 2 unspecified atom stereocenters. The Morgan fingerprint density at radius 1 is 1.15 bits per heavy atom. The number of pyridine rings is 1. The van der Waals surface area contributed by atoms with E-state index in [4.69, 9.17) is 9.47 Å². The lowest BCUT2D eigenvalue weighted by Crippen LogP contribution is -2.25. The van der Waals surface area contributed by atoms with Crippen molar-refractivity contribution in [2.24, 2.45) is 11.8 Å². The first kappa shape index (κ1) is 24.4. The van der Waals surface area contributed by atoms with Crippen molar-refractivity contribution in [2.45, 2.75) is 64.4 Å². The van der Waals surface area contributed by atoms with E-state index < -0.39 is 11.8 Å². The number of carbonyl (C=O) groups is 1. The molecule has 2 aromatic rings. The molecule has 34 heavy (non-hydrogen) atoms. The number of rotatable bonds is 11. The van der Waals surface area contributed by atoms with Crippen LogP contribution in [-0.2, 0) is 4.79 Å². The SMILES string of the molecule is CC(C)CCC(=O)C(C)c1ccc(O[C@@H]2CCN(c3ccc(OCC4CC4(F)F)cn3)C2)cc1. The summed E-state index contributed by atoms with van der Waals surface area (Å²) in [6.07, 6.45) is 3.96. The molecule has 4 rings (SSSR count). The van der Waals surface area contributed by atoms with Gasteiger partial charge in [0.1, 0.15) is 29.2 Å². The van der Waals surface area contributed by atoms with E-state index in [1.54, 1.807) is 12.3 Å². The fourth-order valence-corrected chi connectivity index (χ4v) is 4.19. The molecule has 0 amide bonds. The molecule has 1 saturated heterocycles. The molecule has 1 saturated carbocycles. The topological polar surface area (TPSA) is 51.7 Å². The van der Waals surface area contributed by atoms with Crippen molar-refractivity contribution in [2.75, 3.05) is 24.6 Å². The smallest absolute Gasteiger partial charge is 0.255 e. The summed E-state index contributed by atoms with van der Waals surface area (Å²) in [6.45, 7) is 7.80. The van der Waals surface area contributed by atoms with Crippen LogP contribution in [0, 0.1) is 11.8 Å². The van der Waals surface area contributed by atoms with Gasteiger partial charge in [-0.25, -0.2) is 13.8 Å². The van der Waals surface area contributed by atoms with E-state index in [2.05, 4.69) is 23.7 Å². The minimum Gasteiger partial charge on any atom is -0.491 e. The minimum atomic E-state index is -2.57. The van der Waals surface area contributed by atoms with Crippen molar-refractivity contribution in [3.8, 4) is 11.5 Å². The first-order valence-electron chi connectivity index (χ1n) is 12.2. The average Bonchev–Trinajstić information content (AvgIpc) is 3.19. The van der Waals surface area contributed by atoms with E-state index in [1.807, 2.05) is 37.3 Å².